The maximum atomic E-state index is 12.0. The topological polar surface area (TPSA) is 131 Å². The summed E-state index contributed by atoms with van der Waals surface area (Å²) in [4.78, 5) is 33.6. The molecular formula is C40H80NO8P. The minimum absolute atomic E-state index is 0.0880. The Morgan fingerprint density at radius 1 is 0.540 bits per heavy atom. The molecule has 0 rings (SSSR count). The van der Waals surface area contributed by atoms with E-state index < -0.39 is 26.5 Å². The molecule has 0 aliphatic carbocycles. The molecule has 0 bridgehead atoms. The van der Waals surface area contributed by atoms with Crippen molar-refractivity contribution in [2.75, 3.05) is 26.4 Å². The third-order valence-corrected chi connectivity index (χ3v) is 10.3. The van der Waals surface area contributed by atoms with Gasteiger partial charge in [-0.1, -0.05) is 187 Å². The van der Waals surface area contributed by atoms with Gasteiger partial charge in [0, 0.05) is 19.4 Å². The van der Waals surface area contributed by atoms with Crippen molar-refractivity contribution >= 4 is 19.7 Å². The van der Waals surface area contributed by atoms with Gasteiger partial charge in [0.25, 0.3) is 0 Å². The van der Waals surface area contributed by atoms with Gasteiger partial charge in [-0.2, -0.15) is 0 Å². The molecule has 0 heterocycles. The van der Waals surface area contributed by atoms with Gasteiger partial charge >= 0.3 is 13.8 Å². The third kappa shape index (κ3) is 38.2. The molecule has 50 heavy (non-hydrogen) atoms. The number of aliphatic hydroxyl groups is 1. The van der Waals surface area contributed by atoms with E-state index in [4.69, 9.17) is 13.8 Å². The maximum Gasteiger partial charge on any atom is 0.472 e. The Hall–Kier alpha value is -0.990. The molecule has 0 aliphatic rings. The predicted molar refractivity (Wildman–Crippen MR) is 206 cm³/mol. The smallest absolute Gasteiger partial charge is 0.463 e. The number of aliphatic hydroxyl groups excluding tert-OH is 1. The molecule has 3 N–H and O–H groups in total. The second-order valence-electron chi connectivity index (χ2n) is 14.3. The molecule has 298 valence electrons. The summed E-state index contributed by atoms with van der Waals surface area (Å²) < 4.78 is 26.7. The number of phosphoric acid groups is 1. The molecule has 1 amide bonds. The number of phosphoric ester groups is 1. The maximum absolute atomic E-state index is 12.0. The van der Waals surface area contributed by atoms with Gasteiger partial charge in [0.2, 0.25) is 5.91 Å². The minimum Gasteiger partial charge on any atom is -0.463 e. The number of unbranched alkanes of at least 4 members (excludes halogenated alkanes) is 27. The molecule has 0 radical (unpaired) electrons. The highest BCUT2D eigenvalue weighted by atomic mass is 31.2. The minimum atomic E-state index is -4.40. The Balaban J connectivity index is 3.46. The van der Waals surface area contributed by atoms with Crippen LogP contribution in [0.2, 0.25) is 0 Å². The summed E-state index contributed by atoms with van der Waals surface area (Å²) in [5.41, 5.74) is 0. The van der Waals surface area contributed by atoms with E-state index in [0.29, 0.717) is 6.42 Å². The van der Waals surface area contributed by atoms with Gasteiger partial charge in [-0.3, -0.25) is 18.6 Å². The lowest BCUT2D eigenvalue weighted by molar-refractivity contribution is -0.147. The average Bonchev–Trinajstić information content (AvgIpc) is 3.10. The van der Waals surface area contributed by atoms with Gasteiger partial charge in [-0.15, -0.1) is 0 Å². The SMILES string of the molecule is CCCCCCCCCCCCCCCCCCCCCCCCCC(=O)NCCOP(=O)(O)OCC(O)COC(=O)CCCCCCCC. The van der Waals surface area contributed by atoms with Gasteiger partial charge in [-0.25, -0.2) is 4.57 Å². The Labute approximate surface area is 307 Å². The van der Waals surface area contributed by atoms with Crippen molar-refractivity contribution in [3.8, 4) is 0 Å². The van der Waals surface area contributed by atoms with Crippen LogP contribution in [0.5, 0.6) is 0 Å². The fourth-order valence-electron chi connectivity index (χ4n) is 6.09. The van der Waals surface area contributed by atoms with Crippen LogP contribution in [-0.4, -0.2) is 54.3 Å². The Bertz CT molecular complexity index is 799. The fraction of sp³-hybridized carbons (Fsp3) is 0.950. The second-order valence-corrected chi connectivity index (χ2v) is 15.8. The summed E-state index contributed by atoms with van der Waals surface area (Å²) >= 11 is 0. The number of rotatable bonds is 40. The average molecular weight is 734 g/mol. The summed E-state index contributed by atoms with van der Waals surface area (Å²) in [6, 6.07) is 0. The molecule has 10 heteroatoms. The van der Waals surface area contributed by atoms with Crippen LogP contribution in [0.25, 0.3) is 0 Å². The third-order valence-electron chi connectivity index (χ3n) is 9.29. The van der Waals surface area contributed by atoms with E-state index in [2.05, 4.69) is 19.2 Å². The number of hydrogen-bond donors (Lipinski definition) is 3. The predicted octanol–water partition coefficient (Wildman–Crippen LogP) is 11.3. The lowest BCUT2D eigenvalue weighted by atomic mass is 10.0. The normalized spacial score (nSPS) is 13.3. The summed E-state index contributed by atoms with van der Waals surface area (Å²) in [6.45, 7) is 3.51. The van der Waals surface area contributed by atoms with Gasteiger partial charge in [0.1, 0.15) is 12.7 Å². The lowest BCUT2D eigenvalue weighted by Crippen LogP contribution is -2.27. The van der Waals surface area contributed by atoms with Crippen molar-refractivity contribution in [1.29, 1.82) is 0 Å². The number of hydrogen-bond acceptors (Lipinski definition) is 7. The Morgan fingerprint density at radius 2 is 0.900 bits per heavy atom. The summed E-state index contributed by atoms with van der Waals surface area (Å²) in [5.74, 6) is -0.515. The van der Waals surface area contributed by atoms with Crippen molar-refractivity contribution in [3.63, 3.8) is 0 Å². The highest BCUT2D eigenvalue weighted by Gasteiger charge is 2.23. The molecule has 2 unspecified atom stereocenters. The lowest BCUT2D eigenvalue weighted by Gasteiger charge is -2.15. The van der Waals surface area contributed by atoms with E-state index in [9.17, 15) is 24.2 Å². The molecule has 0 saturated heterocycles. The molecule has 0 aromatic rings. The molecule has 0 fully saturated rings. The number of nitrogens with one attached hydrogen (secondary N) is 1. The highest BCUT2D eigenvalue weighted by molar-refractivity contribution is 7.47. The summed E-state index contributed by atoms with van der Waals surface area (Å²) in [5, 5.41) is 12.6. The van der Waals surface area contributed by atoms with Crippen LogP contribution >= 0.6 is 7.82 Å². The summed E-state index contributed by atoms with van der Waals surface area (Å²) in [7, 11) is -4.40. The first kappa shape index (κ1) is 49.0. The molecule has 0 saturated carbocycles. The van der Waals surface area contributed by atoms with E-state index in [-0.39, 0.29) is 32.1 Å². The molecule has 0 spiro atoms. The van der Waals surface area contributed by atoms with Crippen molar-refractivity contribution < 1.29 is 37.9 Å². The van der Waals surface area contributed by atoms with Crippen LogP contribution in [0.1, 0.15) is 213 Å². The highest BCUT2D eigenvalue weighted by Crippen LogP contribution is 2.42. The molecule has 9 nitrogen and oxygen atoms in total. The van der Waals surface area contributed by atoms with E-state index in [1.807, 2.05) is 0 Å². The van der Waals surface area contributed by atoms with Gasteiger partial charge in [-0.05, 0) is 12.8 Å². The first-order chi connectivity index (χ1) is 24.3. The van der Waals surface area contributed by atoms with Crippen LogP contribution in [0.4, 0.5) is 0 Å². The quantitative estimate of drug-likeness (QED) is 0.0322. The number of carbonyl (C=O) groups is 2. The standard InChI is InChI=1S/C40H80NO8P/c1-3-5-7-9-11-12-13-14-15-16-17-18-19-20-21-22-23-24-25-26-27-28-30-32-39(43)41-34-35-48-50(45,46)49-37-38(42)36-47-40(44)33-31-29-10-8-6-4-2/h38,42H,3-37H2,1-2H3,(H,41,43)(H,45,46). The zero-order chi connectivity index (χ0) is 36.8. The van der Waals surface area contributed by atoms with Crippen molar-refractivity contribution in [2.24, 2.45) is 0 Å². The van der Waals surface area contributed by atoms with E-state index >= 15 is 0 Å². The summed E-state index contributed by atoms with van der Waals surface area (Å²) in [6.07, 6.45) is 36.5. The van der Waals surface area contributed by atoms with Gasteiger partial charge < -0.3 is 20.1 Å². The van der Waals surface area contributed by atoms with Crippen LogP contribution in [0.15, 0.2) is 0 Å². The largest absolute Gasteiger partial charge is 0.472 e. The Morgan fingerprint density at radius 3 is 1.30 bits per heavy atom. The van der Waals surface area contributed by atoms with Gasteiger partial charge in [0.15, 0.2) is 0 Å². The van der Waals surface area contributed by atoms with E-state index in [0.717, 1.165) is 44.9 Å². The monoisotopic (exact) mass is 734 g/mol. The van der Waals surface area contributed by atoms with Crippen molar-refractivity contribution in [3.05, 3.63) is 0 Å². The number of amides is 1. The number of carbonyl (C=O) groups excluding carboxylic acids is 2. The molecule has 0 aromatic heterocycles. The van der Waals surface area contributed by atoms with E-state index in [1.54, 1.807) is 0 Å². The van der Waals surface area contributed by atoms with Crippen LogP contribution in [0.3, 0.4) is 0 Å². The molecule has 0 aromatic carbocycles. The van der Waals surface area contributed by atoms with Crippen molar-refractivity contribution in [2.45, 2.75) is 219 Å². The fourth-order valence-corrected chi connectivity index (χ4v) is 6.84. The van der Waals surface area contributed by atoms with Crippen LogP contribution in [0, 0.1) is 0 Å². The zero-order valence-corrected chi connectivity index (χ0v) is 33.5. The zero-order valence-electron chi connectivity index (χ0n) is 32.6. The van der Waals surface area contributed by atoms with Crippen LogP contribution in [-0.2, 0) is 27.9 Å². The Kier molecular flexibility index (Phi) is 37.0. The molecule has 2 atom stereocenters. The number of ether oxygens (including phenoxy) is 1. The second kappa shape index (κ2) is 37.8. The molecule has 0 aliphatic heterocycles. The van der Waals surface area contributed by atoms with Gasteiger partial charge in [0.05, 0.1) is 13.2 Å². The van der Waals surface area contributed by atoms with Crippen LogP contribution < -0.4 is 5.32 Å². The van der Waals surface area contributed by atoms with Crippen molar-refractivity contribution in [1.82, 2.24) is 5.32 Å². The molecular weight excluding hydrogens is 653 g/mol. The van der Waals surface area contributed by atoms with E-state index in [1.165, 1.54) is 141 Å². The number of esters is 1. The first-order valence-electron chi connectivity index (χ1n) is 21.0. The first-order valence-corrected chi connectivity index (χ1v) is 22.5.